The van der Waals surface area contributed by atoms with Crippen LogP contribution in [0.15, 0.2) is 24.5 Å². The fraction of sp³-hybridized carbons (Fsp3) is 0.692. The van der Waals surface area contributed by atoms with Crippen LogP contribution in [-0.4, -0.2) is 25.1 Å². The van der Waals surface area contributed by atoms with Crippen LogP contribution in [0.3, 0.4) is 0 Å². The number of allylic oxidation sites excluding steroid dienone is 1. The molecule has 2 atom stereocenters. The molecule has 0 saturated heterocycles. The summed E-state index contributed by atoms with van der Waals surface area (Å²) in [6, 6.07) is 0. The SMILES string of the molecule is CCCC/C=C/[C@@H](O)[C@@H](C)/C=C/OCOC. The third kappa shape index (κ3) is 8.50. The van der Waals surface area contributed by atoms with Gasteiger partial charge in [-0.05, 0) is 12.5 Å². The molecule has 16 heavy (non-hydrogen) atoms. The highest BCUT2D eigenvalue weighted by Crippen LogP contribution is 2.07. The summed E-state index contributed by atoms with van der Waals surface area (Å²) in [5.41, 5.74) is 0. The lowest BCUT2D eigenvalue weighted by Crippen LogP contribution is -2.12. The van der Waals surface area contributed by atoms with Gasteiger partial charge >= 0.3 is 0 Å². The van der Waals surface area contributed by atoms with Crippen molar-refractivity contribution in [2.45, 2.75) is 39.2 Å². The van der Waals surface area contributed by atoms with Crippen LogP contribution in [0, 0.1) is 5.92 Å². The molecule has 0 heterocycles. The number of methoxy groups -OCH3 is 1. The largest absolute Gasteiger partial charge is 0.475 e. The molecule has 3 nitrogen and oxygen atoms in total. The molecule has 0 unspecified atom stereocenters. The first-order valence-electron chi connectivity index (χ1n) is 5.84. The van der Waals surface area contributed by atoms with Gasteiger partial charge < -0.3 is 14.6 Å². The summed E-state index contributed by atoms with van der Waals surface area (Å²) in [6.07, 6.45) is 10.2. The molecule has 0 radical (unpaired) electrons. The van der Waals surface area contributed by atoms with Crippen molar-refractivity contribution in [3.63, 3.8) is 0 Å². The second-order valence-electron chi connectivity index (χ2n) is 3.82. The third-order valence-corrected chi connectivity index (χ3v) is 2.26. The standard InChI is InChI=1S/C13H24O3/c1-4-5-6-7-8-13(14)12(2)9-10-16-11-15-3/h7-10,12-14H,4-6,11H2,1-3H3/b8-7+,10-9+/t12-,13+/m0/s1. The quantitative estimate of drug-likeness (QED) is 0.285. The highest BCUT2D eigenvalue weighted by molar-refractivity contribution is 4.96. The van der Waals surface area contributed by atoms with E-state index in [-0.39, 0.29) is 12.7 Å². The minimum Gasteiger partial charge on any atom is -0.475 e. The predicted molar refractivity (Wildman–Crippen MR) is 65.9 cm³/mol. The molecule has 0 aromatic carbocycles. The van der Waals surface area contributed by atoms with Crippen molar-refractivity contribution in [1.29, 1.82) is 0 Å². The number of aliphatic hydroxyl groups is 1. The van der Waals surface area contributed by atoms with Crippen molar-refractivity contribution in [2.75, 3.05) is 13.9 Å². The molecule has 94 valence electrons. The molecule has 0 aliphatic heterocycles. The van der Waals surface area contributed by atoms with Crippen molar-refractivity contribution < 1.29 is 14.6 Å². The Bertz CT molecular complexity index is 177. The lowest BCUT2D eigenvalue weighted by Gasteiger charge is -2.10. The molecule has 0 aliphatic rings. The number of aliphatic hydroxyl groups excluding tert-OH is 1. The highest BCUT2D eigenvalue weighted by atomic mass is 16.7. The highest BCUT2D eigenvalue weighted by Gasteiger charge is 2.06. The van der Waals surface area contributed by atoms with Gasteiger partial charge in [0.1, 0.15) is 0 Å². The molecule has 0 spiro atoms. The second kappa shape index (κ2) is 10.7. The summed E-state index contributed by atoms with van der Waals surface area (Å²) < 4.78 is 9.73. The van der Waals surface area contributed by atoms with E-state index >= 15 is 0 Å². The zero-order chi connectivity index (χ0) is 12.2. The van der Waals surface area contributed by atoms with E-state index in [9.17, 15) is 5.11 Å². The van der Waals surface area contributed by atoms with Crippen LogP contribution in [0.4, 0.5) is 0 Å². The maximum atomic E-state index is 9.75. The van der Waals surface area contributed by atoms with E-state index in [0.29, 0.717) is 0 Å². The van der Waals surface area contributed by atoms with Crippen LogP contribution >= 0.6 is 0 Å². The summed E-state index contributed by atoms with van der Waals surface area (Å²) in [4.78, 5) is 0. The van der Waals surface area contributed by atoms with Gasteiger partial charge in [-0.15, -0.1) is 0 Å². The Balaban J connectivity index is 3.75. The van der Waals surface area contributed by atoms with Crippen molar-refractivity contribution in [3.8, 4) is 0 Å². The Labute approximate surface area is 98.8 Å². The van der Waals surface area contributed by atoms with Gasteiger partial charge in [0.25, 0.3) is 0 Å². The predicted octanol–water partition coefficient (Wildman–Crippen LogP) is 2.86. The average Bonchev–Trinajstić information content (AvgIpc) is 2.29. The Morgan fingerprint density at radius 2 is 2.06 bits per heavy atom. The monoisotopic (exact) mass is 228 g/mol. The molecule has 0 fully saturated rings. The summed E-state index contributed by atoms with van der Waals surface area (Å²) in [5.74, 6) is 0.0507. The Morgan fingerprint density at radius 1 is 1.31 bits per heavy atom. The molecule has 0 rings (SSSR count). The second-order valence-corrected chi connectivity index (χ2v) is 3.82. The van der Waals surface area contributed by atoms with Gasteiger partial charge in [-0.25, -0.2) is 0 Å². The zero-order valence-electron chi connectivity index (χ0n) is 10.6. The van der Waals surface area contributed by atoms with Crippen LogP contribution < -0.4 is 0 Å². The van der Waals surface area contributed by atoms with Crippen LogP contribution in [0.2, 0.25) is 0 Å². The molecule has 0 aromatic rings. The number of unbranched alkanes of at least 4 members (excludes halogenated alkanes) is 2. The van der Waals surface area contributed by atoms with Gasteiger partial charge in [0.05, 0.1) is 12.4 Å². The molecule has 1 N–H and O–H groups in total. The summed E-state index contributed by atoms with van der Waals surface area (Å²) in [7, 11) is 1.57. The molecule has 0 bridgehead atoms. The summed E-state index contributed by atoms with van der Waals surface area (Å²) in [6.45, 7) is 4.34. The van der Waals surface area contributed by atoms with E-state index < -0.39 is 6.10 Å². The van der Waals surface area contributed by atoms with E-state index in [1.807, 2.05) is 25.2 Å². The first-order chi connectivity index (χ1) is 7.72. The number of rotatable bonds is 9. The van der Waals surface area contributed by atoms with Gasteiger partial charge in [-0.1, -0.05) is 38.8 Å². The third-order valence-electron chi connectivity index (χ3n) is 2.26. The van der Waals surface area contributed by atoms with Gasteiger partial charge in [-0.2, -0.15) is 0 Å². The smallest absolute Gasteiger partial charge is 0.187 e. The topological polar surface area (TPSA) is 38.7 Å². The molecule has 0 aromatic heterocycles. The van der Waals surface area contributed by atoms with Crippen molar-refractivity contribution >= 4 is 0 Å². The average molecular weight is 228 g/mol. The van der Waals surface area contributed by atoms with E-state index in [4.69, 9.17) is 9.47 Å². The normalized spacial score (nSPS) is 15.8. The number of hydrogen-bond acceptors (Lipinski definition) is 3. The van der Waals surface area contributed by atoms with E-state index in [2.05, 4.69) is 6.92 Å². The Morgan fingerprint density at radius 3 is 2.69 bits per heavy atom. The molecular weight excluding hydrogens is 204 g/mol. The number of ether oxygens (including phenoxy) is 2. The molecule has 0 saturated carbocycles. The number of hydrogen-bond donors (Lipinski definition) is 1. The first-order valence-corrected chi connectivity index (χ1v) is 5.84. The van der Waals surface area contributed by atoms with Crippen LogP contribution in [-0.2, 0) is 9.47 Å². The molecular formula is C13H24O3. The van der Waals surface area contributed by atoms with Gasteiger partial charge in [0.2, 0.25) is 0 Å². The van der Waals surface area contributed by atoms with E-state index in [1.165, 1.54) is 12.8 Å². The van der Waals surface area contributed by atoms with Gasteiger partial charge in [0.15, 0.2) is 6.79 Å². The molecule has 0 amide bonds. The summed E-state index contributed by atoms with van der Waals surface area (Å²) >= 11 is 0. The maximum absolute atomic E-state index is 9.75. The maximum Gasteiger partial charge on any atom is 0.187 e. The van der Waals surface area contributed by atoms with Crippen molar-refractivity contribution in [2.24, 2.45) is 5.92 Å². The van der Waals surface area contributed by atoms with Crippen LogP contribution in [0.5, 0.6) is 0 Å². The van der Waals surface area contributed by atoms with Crippen LogP contribution in [0.1, 0.15) is 33.1 Å². The molecule has 3 heteroatoms. The summed E-state index contributed by atoms with van der Waals surface area (Å²) in [5, 5.41) is 9.75. The minimum absolute atomic E-state index is 0.0507. The Hall–Kier alpha value is -0.800. The first kappa shape index (κ1) is 15.2. The lowest BCUT2D eigenvalue weighted by atomic mass is 10.0. The zero-order valence-corrected chi connectivity index (χ0v) is 10.6. The van der Waals surface area contributed by atoms with E-state index in [1.54, 1.807) is 13.4 Å². The fourth-order valence-corrected chi connectivity index (χ4v) is 1.13. The van der Waals surface area contributed by atoms with E-state index in [0.717, 1.165) is 6.42 Å². The minimum atomic E-state index is -0.445. The van der Waals surface area contributed by atoms with Crippen molar-refractivity contribution in [3.05, 3.63) is 24.5 Å². The Kier molecular flexibility index (Phi) is 10.2. The van der Waals surface area contributed by atoms with Crippen LogP contribution in [0.25, 0.3) is 0 Å². The van der Waals surface area contributed by atoms with Crippen molar-refractivity contribution in [1.82, 2.24) is 0 Å². The van der Waals surface area contributed by atoms with Gasteiger partial charge in [0, 0.05) is 13.0 Å². The van der Waals surface area contributed by atoms with Gasteiger partial charge in [-0.3, -0.25) is 0 Å². The lowest BCUT2D eigenvalue weighted by molar-refractivity contribution is 0.0189. The molecule has 0 aliphatic carbocycles. The fourth-order valence-electron chi connectivity index (χ4n) is 1.13.